The summed E-state index contributed by atoms with van der Waals surface area (Å²) in [6.07, 6.45) is 1.74. The summed E-state index contributed by atoms with van der Waals surface area (Å²) in [4.78, 5) is 8.54. The van der Waals surface area contributed by atoms with Crippen molar-refractivity contribution in [1.29, 1.82) is 0 Å². The Balaban J connectivity index is 2.04. The summed E-state index contributed by atoms with van der Waals surface area (Å²) in [5, 5.41) is 3.49. The lowest BCUT2D eigenvalue weighted by atomic mass is 10.2. The van der Waals surface area contributed by atoms with E-state index < -0.39 is 0 Å². The highest BCUT2D eigenvalue weighted by atomic mass is 35.5. The highest BCUT2D eigenvalue weighted by molar-refractivity contribution is 6.32. The van der Waals surface area contributed by atoms with E-state index in [0.717, 1.165) is 16.9 Å². The zero-order valence-corrected chi connectivity index (χ0v) is 12.7. The number of ether oxygens (including phenoxy) is 1. The summed E-state index contributed by atoms with van der Waals surface area (Å²) >= 11 is 6.05. The number of aryl methyl sites for hydroxylation is 1. The minimum Gasteiger partial charge on any atom is -0.495 e. The molecule has 0 saturated heterocycles. The molecule has 0 aliphatic rings. The molecule has 1 aromatic heterocycles. The van der Waals surface area contributed by atoms with Crippen molar-refractivity contribution in [2.75, 3.05) is 12.4 Å². The Morgan fingerprint density at radius 1 is 1.43 bits per heavy atom. The summed E-state index contributed by atoms with van der Waals surface area (Å²) in [7, 11) is 1.57. The second-order valence-electron chi connectivity index (χ2n) is 4.44. The summed E-state index contributed by atoms with van der Waals surface area (Å²) in [6.45, 7) is 2.42. The van der Waals surface area contributed by atoms with Crippen LogP contribution in [-0.4, -0.2) is 18.1 Å². The molecule has 0 atom stereocenters. The van der Waals surface area contributed by atoms with Crippen molar-refractivity contribution in [3.63, 3.8) is 0 Å². The molecule has 6 heteroatoms. The fourth-order valence-electron chi connectivity index (χ4n) is 1.78. The van der Waals surface area contributed by atoms with Gasteiger partial charge in [-0.05, 0) is 36.8 Å². The zero-order valence-electron chi connectivity index (χ0n) is 11.9. The summed E-state index contributed by atoms with van der Waals surface area (Å²) in [5.41, 5.74) is 8.59. The third-order valence-corrected chi connectivity index (χ3v) is 3.24. The number of hydrogen-bond donors (Lipinski definition) is 2. The van der Waals surface area contributed by atoms with Crippen molar-refractivity contribution < 1.29 is 4.74 Å². The number of guanidine groups is 1. The highest BCUT2D eigenvalue weighted by Crippen LogP contribution is 2.27. The van der Waals surface area contributed by atoms with E-state index in [2.05, 4.69) is 15.3 Å². The first-order valence-corrected chi connectivity index (χ1v) is 6.79. The van der Waals surface area contributed by atoms with Gasteiger partial charge in [-0.2, -0.15) is 0 Å². The molecule has 21 heavy (non-hydrogen) atoms. The third-order valence-electron chi connectivity index (χ3n) is 2.94. The lowest BCUT2D eigenvalue weighted by molar-refractivity contribution is 0.415. The summed E-state index contributed by atoms with van der Waals surface area (Å²) < 4.78 is 5.09. The van der Waals surface area contributed by atoms with Gasteiger partial charge in [0.05, 0.1) is 24.4 Å². The lowest BCUT2D eigenvalue weighted by Gasteiger charge is -2.08. The van der Waals surface area contributed by atoms with Gasteiger partial charge in [-0.25, -0.2) is 4.99 Å². The second-order valence-corrected chi connectivity index (χ2v) is 4.85. The molecule has 0 bridgehead atoms. The molecule has 2 aromatic rings. The minimum absolute atomic E-state index is 0.307. The second kappa shape index (κ2) is 6.95. The zero-order chi connectivity index (χ0) is 15.2. The van der Waals surface area contributed by atoms with Crippen molar-refractivity contribution in [2.24, 2.45) is 10.7 Å². The molecule has 0 aliphatic heterocycles. The van der Waals surface area contributed by atoms with Crippen LogP contribution in [0.25, 0.3) is 0 Å². The van der Waals surface area contributed by atoms with Gasteiger partial charge >= 0.3 is 0 Å². The molecule has 0 radical (unpaired) electrons. The smallest absolute Gasteiger partial charge is 0.193 e. The van der Waals surface area contributed by atoms with Gasteiger partial charge < -0.3 is 15.8 Å². The molecular weight excluding hydrogens is 288 g/mol. The molecule has 0 amide bonds. The van der Waals surface area contributed by atoms with E-state index in [1.165, 1.54) is 0 Å². The van der Waals surface area contributed by atoms with Crippen LogP contribution < -0.4 is 15.8 Å². The van der Waals surface area contributed by atoms with Crippen molar-refractivity contribution >= 4 is 23.2 Å². The van der Waals surface area contributed by atoms with Crippen LogP contribution >= 0.6 is 11.6 Å². The first-order valence-electron chi connectivity index (χ1n) is 6.41. The molecule has 0 spiro atoms. The molecule has 0 unspecified atom stereocenters. The first-order chi connectivity index (χ1) is 10.1. The van der Waals surface area contributed by atoms with Gasteiger partial charge in [0, 0.05) is 11.9 Å². The molecule has 110 valence electrons. The predicted octanol–water partition coefficient (Wildman–Crippen LogP) is 2.98. The number of aliphatic imine (C=N–C) groups is 1. The number of methoxy groups -OCH3 is 1. The largest absolute Gasteiger partial charge is 0.495 e. The Morgan fingerprint density at radius 3 is 2.90 bits per heavy atom. The average Bonchev–Trinajstić information content (AvgIpc) is 2.46. The summed E-state index contributed by atoms with van der Waals surface area (Å²) in [6, 6.07) is 9.20. The van der Waals surface area contributed by atoms with Crippen molar-refractivity contribution in [3.8, 4) is 5.75 Å². The van der Waals surface area contributed by atoms with Crippen LogP contribution in [-0.2, 0) is 6.54 Å². The van der Waals surface area contributed by atoms with Gasteiger partial charge in [0.15, 0.2) is 5.96 Å². The normalized spacial score (nSPS) is 11.3. The number of hydrogen-bond acceptors (Lipinski definition) is 3. The maximum absolute atomic E-state index is 6.05. The first kappa shape index (κ1) is 15.1. The van der Waals surface area contributed by atoms with E-state index in [1.54, 1.807) is 25.4 Å². The Morgan fingerprint density at radius 2 is 2.24 bits per heavy atom. The third kappa shape index (κ3) is 4.10. The van der Waals surface area contributed by atoms with Gasteiger partial charge in [-0.1, -0.05) is 17.7 Å². The van der Waals surface area contributed by atoms with Crippen LogP contribution in [0.1, 0.15) is 11.3 Å². The van der Waals surface area contributed by atoms with E-state index in [9.17, 15) is 0 Å². The minimum atomic E-state index is 0.307. The fraction of sp³-hybridized carbons (Fsp3) is 0.200. The molecule has 0 saturated carbocycles. The van der Waals surface area contributed by atoms with Crippen molar-refractivity contribution in [3.05, 3.63) is 52.8 Å². The Labute approximate surface area is 128 Å². The predicted molar refractivity (Wildman–Crippen MR) is 85.9 cm³/mol. The van der Waals surface area contributed by atoms with E-state index in [-0.39, 0.29) is 0 Å². The maximum atomic E-state index is 6.05. The molecule has 5 nitrogen and oxygen atoms in total. The van der Waals surface area contributed by atoms with Gasteiger partial charge in [0.2, 0.25) is 0 Å². The van der Waals surface area contributed by atoms with Crippen molar-refractivity contribution in [2.45, 2.75) is 13.5 Å². The monoisotopic (exact) mass is 304 g/mol. The molecule has 1 heterocycles. The molecule has 0 fully saturated rings. The number of halogens is 1. The van der Waals surface area contributed by atoms with Gasteiger partial charge in [0.1, 0.15) is 5.75 Å². The van der Waals surface area contributed by atoms with Crippen LogP contribution in [0.3, 0.4) is 0 Å². The number of rotatable bonds is 4. The van der Waals surface area contributed by atoms with Crippen LogP contribution in [0.4, 0.5) is 5.69 Å². The molecule has 1 aromatic carbocycles. The van der Waals surface area contributed by atoms with E-state index in [4.69, 9.17) is 22.1 Å². The maximum Gasteiger partial charge on any atom is 0.193 e. The van der Waals surface area contributed by atoms with Crippen LogP contribution in [0.15, 0.2) is 41.5 Å². The molecular formula is C15H17ClN4O. The number of nitrogens with zero attached hydrogens (tertiary/aromatic N) is 2. The topological polar surface area (TPSA) is 72.5 Å². The quantitative estimate of drug-likeness (QED) is 0.673. The molecule has 2 rings (SSSR count). The van der Waals surface area contributed by atoms with Crippen molar-refractivity contribution in [1.82, 2.24) is 4.98 Å². The van der Waals surface area contributed by atoms with Crippen LogP contribution in [0, 0.1) is 6.92 Å². The van der Waals surface area contributed by atoms with Crippen LogP contribution in [0.5, 0.6) is 5.75 Å². The Bertz CT molecular complexity index is 658. The van der Waals surface area contributed by atoms with Gasteiger partial charge in [-0.15, -0.1) is 0 Å². The fourth-order valence-corrected chi connectivity index (χ4v) is 2.03. The Hall–Kier alpha value is -2.27. The van der Waals surface area contributed by atoms with E-state index in [0.29, 0.717) is 23.3 Å². The lowest BCUT2D eigenvalue weighted by Crippen LogP contribution is -2.22. The average molecular weight is 305 g/mol. The van der Waals surface area contributed by atoms with Gasteiger partial charge in [0.25, 0.3) is 0 Å². The number of anilines is 1. The van der Waals surface area contributed by atoms with E-state index >= 15 is 0 Å². The number of aromatic nitrogens is 1. The van der Waals surface area contributed by atoms with Crippen LogP contribution in [0.2, 0.25) is 5.02 Å². The number of nitrogens with two attached hydrogens (primary N) is 1. The Kier molecular flexibility index (Phi) is 5.00. The summed E-state index contributed by atoms with van der Waals surface area (Å²) in [5.74, 6) is 0.920. The SMILES string of the molecule is COc1ccc(NC(N)=NCc2ncccc2C)cc1Cl. The number of benzene rings is 1. The number of nitrogens with one attached hydrogen (secondary N) is 1. The van der Waals surface area contributed by atoms with Gasteiger partial charge in [-0.3, -0.25) is 4.98 Å². The molecule has 3 N–H and O–H groups in total. The standard InChI is InChI=1S/C15H17ClN4O/c1-10-4-3-7-18-13(10)9-19-15(17)20-11-5-6-14(21-2)12(16)8-11/h3-8H,9H2,1-2H3,(H3,17,19,20). The molecule has 0 aliphatic carbocycles. The highest BCUT2D eigenvalue weighted by Gasteiger charge is 2.03. The van der Waals surface area contributed by atoms with E-state index in [1.807, 2.05) is 25.1 Å². The number of pyridine rings is 1.